The van der Waals surface area contributed by atoms with E-state index in [1.807, 2.05) is 12.1 Å². The van der Waals surface area contributed by atoms with Crippen LogP contribution < -0.4 is 5.32 Å². The molecule has 1 aromatic carbocycles. The second-order valence-electron chi connectivity index (χ2n) is 3.20. The Morgan fingerprint density at radius 2 is 2.27 bits per heavy atom. The Hall–Kier alpha value is -0.480. The molecule has 82 valence electrons. The van der Waals surface area contributed by atoms with Crippen LogP contribution in [0.5, 0.6) is 0 Å². The van der Waals surface area contributed by atoms with Gasteiger partial charge in [-0.3, -0.25) is 4.79 Å². The number of thiol groups is 1. The lowest BCUT2D eigenvalue weighted by molar-refractivity contribution is -0.120. The van der Waals surface area contributed by atoms with E-state index in [2.05, 4.69) is 46.0 Å². The van der Waals surface area contributed by atoms with Crippen LogP contribution in [0, 0.1) is 0 Å². The largest absolute Gasteiger partial charge is 0.356 e. The highest BCUT2D eigenvalue weighted by molar-refractivity contribution is 9.10. The van der Waals surface area contributed by atoms with Gasteiger partial charge < -0.3 is 5.32 Å². The Labute approximate surface area is 104 Å². The summed E-state index contributed by atoms with van der Waals surface area (Å²) in [6, 6.07) is 8.10. The summed E-state index contributed by atoms with van der Waals surface area (Å²) in [6.45, 7) is 0.684. The fourth-order valence-corrected chi connectivity index (χ4v) is 1.88. The summed E-state index contributed by atoms with van der Waals surface area (Å²) in [5.41, 5.74) is 1.22. The molecule has 2 nitrogen and oxygen atoms in total. The minimum atomic E-state index is 0.0694. The highest BCUT2D eigenvalue weighted by Crippen LogP contribution is 2.11. The van der Waals surface area contributed by atoms with E-state index in [0.717, 1.165) is 10.9 Å². The van der Waals surface area contributed by atoms with Crippen molar-refractivity contribution in [2.45, 2.75) is 12.8 Å². The predicted octanol–water partition coefficient (Wildman–Crippen LogP) is 2.43. The molecule has 0 atom stereocenters. The number of hydrogen-bond donors (Lipinski definition) is 2. The van der Waals surface area contributed by atoms with Gasteiger partial charge in [-0.2, -0.15) is 12.6 Å². The molecule has 1 rings (SSSR count). The lowest BCUT2D eigenvalue weighted by Crippen LogP contribution is -2.25. The molecule has 0 unspecified atom stereocenters. The summed E-state index contributed by atoms with van der Waals surface area (Å²) in [5, 5.41) is 2.85. The van der Waals surface area contributed by atoms with E-state index < -0.39 is 0 Å². The maximum atomic E-state index is 11.1. The molecule has 1 amide bonds. The van der Waals surface area contributed by atoms with Gasteiger partial charge in [-0.15, -0.1) is 0 Å². The van der Waals surface area contributed by atoms with E-state index in [1.165, 1.54) is 5.56 Å². The summed E-state index contributed by atoms with van der Waals surface area (Å²) >= 11 is 7.41. The number of carbonyl (C=O) groups excluding carboxylic acids is 1. The normalized spacial score (nSPS) is 10.0. The van der Waals surface area contributed by atoms with Gasteiger partial charge in [-0.25, -0.2) is 0 Å². The summed E-state index contributed by atoms with van der Waals surface area (Å²) in [6.07, 6.45) is 1.35. The molecule has 0 aliphatic heterocycles. The molecular weight excluding hydrogens is 274 g/mol. The summed E-state index contributed by atoms with van der Waals surface area (Å²) in [4.78, 5) is 11.1. The number of halogens is 1. The monoisotopic (exact) mass is 287 g/mol. The third kappa shape index (κ3) is 5.23. The SMILES string of the molecule is O=C(CCS)NCCc1cccc(Br)c1. The van der Waals surface area contributed by atoms with Crippen LogP contribution in [-0.2, 0) is 11.2 Å². The van der Waals surface area contributed by atoms with Crippen molar-refractivity contribution >= 4 is 34.5 Å². The van der Waals surface area contributed by atoms with Gasteiger partial charge in [0, 0.05) is 17.4 Å². The Morgan fingerprint density at radius 1 is 1.47 bits per heavy atom. The minimum Gasteiger partial charge on any atom is -0.356 e. The minimum absolute atomic E-state index is 0.0694. The van der Waals surface area contributed by atoms with Gasteiger partial charge in [0.2, 0.25) is 5.91 Å². The van der Waals surface area contributed by atoms with Crippen molar-refractivity contribution in [3.63, 3.8) is 0 Å². The number of carbonyl (C=O) groups is 1. The smallest absolute Gasteiger partial charge is 0.220 e. The molecule has 4 heteroatoms. The van der Waals surface area contributed by atoms with Crippen LogP contribution in [0.15, 0.2) is 28.7 Å². The first kappa shape index (κ1) is 12.6. The summed E-state index contributed by atoms with van der Waals surface area (Å²) in [5.74, 6) is 0.669. The van der Waals surface area contributed by atoms with Crippen LogP contribution in [0.3, 0.4) is 0 Å². The topological polar surface area (TPSA) is 29.1 Å². The van der Waals surface area contributed by atoms with E-state index in [4.69, 9.17) is 0 Å². The molecule has 0 radical (unpaired) electrons. The van der Waals surface area contributed by atoms with Gasteiger partial charge in [-0.05, 0) is 29.9 Å². The number of nitrogens with one attached hydrogen (secondary N) is 1. The van der Waals surface area contributed by atoms with Crippen LogP contribution >= 0.6 is 28.6 Å². The van der Waals surface area contributed by atoms with Crippen LogP contribution in [0.2, 0.25) is 0 Å². The number of benzene rings is 1. The van der Waals surface area contributed by atoms with E-state index in [-0.39, 0.29) is 5.91 Å². The van der Waals surface area contributed by atoms with Crippen molar-refractivity contribution in [1.29, 1.82) is 0 Å². The van der Waals surface area contributed by atoms with E-state index in [9.17, 15) is 4.79 Å². The second-order valence-corrected chi connectivity index (χ2v) is 4.57. The van der Waals surface area contributed by atoms with Crippen LogP contribution in [-0.4, -0.2) is 18.2 Å². The third-order valence-electron chi connectivity index (χ3n) is 1.96. The van der Waals surface area contributed by atoms with Crippen molar-refractivity contribution in [2.24, 2.45) is 0 Å². The zero-order valence-electron chi connectivity index (χ0n) is 8.37. The second kappa shape index (κ2) is 6.90. The van der Waals surface area contributed by atoms with Gasteiger partial charge in [0.05, 0.1) is 0 Å². The van der Waals surface area contributed by atoms with Crippen molar-refractivity contribution in [3.05, 3.63) is 34.3 Å². The maximum Gasteiger partial charge on any atom is 0.220 e. The average molecular weight is 288 g/mol. The molecule has 1 N–H and O–H groups in total. The lowest BCUT2D eigenvalue weighted by atomic mass is 10.1. The third-order valence-corrected chi connectivity index (χ3v) is 2.68. The van der Waals surface area contributed by atoms with Crippen molar-refractivity contribution < 1.29 is 4.79 Å². The zero-order valence-corrected chi connectivity index (χ0v) is 10.9. The molecule has 0 aliphatic rings. The predicted molar refractivity (Wildman–Crippen MR) is 69.3 cm³/mol. The highest BCUT2D eigenvalue weighted by Gasteiger charge is 1.99. The molecule has 0 heterocycles. The highest BCUT2D eigenvalue weighted by atomic mass is 79.9. The molecule has 0 bridgehead atoms. The molecular formula is C11H14BrNOS. The fraction of sp³-hybridized carbons (Fsp3) is 0.364. The van der Waals surface area contributed by atoms with Gasteiger partial charge >= 0.3 is 0 Å². The van der Waals surface area contributed by atoms with E-state index in [0.29, 0.717) is 18.7 Å². The first-order valence-electron chi connectivity index (χ1n) is 4.84. The first-order valence-corrected chi connectivity index (χ1v) is 6.27. The number of hydrogen-bond acceptors (Lipinski definition) is 2. The standard InChI is InChI=1S/C11H14BrNOS/c12-10-3-1-2-9(8-10)4-6-13-11(14)5-7-15/h1-3,8,15H,4-7H2,(H,13,14). The molecule has 0 spiro atoms. The van der Waals surface area contributed by atoms with Crippen LogP contribution in [0.4, 0.5) is 0 Å². The first-order chi connectivity index (χ1) is 7.22. The zero-order chi connectivity index (χ0) is 11.1. The summed E-state index contributed by atoms with van der Waals surface area (Å²) < 4.78 is 1.07. The molecule has 1 aromatic rings. The Morgan fingerprint density at radius 3 is 2.93 bits per heavy atom. The van der Waals surface area contributed by atoms with Crippen molar-refractivity contribution in [2.75, 3.05) is 12.3 Å². The van der Waals surface area contributed by atoms with Gasteiger partial charge in [0.15, 0.2) is 0 Å². The van der Waals surface area contributed by atoms with Gasteiger partial charge in [-0.1, -0.05) is 28.1 Å². The molecule has 15 heavy (non-hydrogen) atoms. The molecule has 0 aliphatic carbocycles. The molecule has 0 aromatic heterocycles. The fourth-order valence-electron chi connectivity index (χ4n) is 1.23. The quantitative estimate of drug-likeness (QED) is 0.801. The number of amides is 1. The Kier molecular flexibility index (Phi) is 5.79. The van der Waals surface area contributed by atoms with Crippen molar-refractivity contribution in [1.82, 2.24) is 5.32 Å². The Bertz CT molecular complexity index is 330. The molecule has 0 fully saturated rings. The average Bonchev–Trinajstić information content (AvgIpc) is 2.18. The van der Waals surface area contributed by atoms with E-state index in [1.54, 1.807) is 0 Å². The van der Waals surface area contributed by atoms with Crippen LogP contribution in [0.25, 0.3) is 0 Å². The molecule has 0 saturated carbocycles. The van der Waals surface area contributed by atoms with E-state index >= 15 is 0 Å². The Balaban J connectivity index is 2.28. The van der Waals surface area contributed by atoms with Gasteiger partial charge in [0.1, 0.15) is 0 Å². The maximum absolute atomic E-state index is 11.1. The summed E-state index contributed by atoms with van der Waals surface area (Å²) in [7, 11) is 0. The lowest BCUT2D eigenvalue weighted by Gasteiger charge is -2.04. The van der Waals surface area contributed by atoms with Gasteiger partial charge in [0.25, 0.3) is 0 Å². The molecule has 0 saturated heterocycles. The van der Waals surface area contributed by atoms with Crippen LogP contribution in [0.1, 0.15) is 12.0 Å². The number of rotatable bonds is 5. The van der Waals surface area contributed by atoms with Crippen molar-refractivity contribution in [3.8, 4) is 0 Å².